The second-order valence-corrected chi connectivity index (χ2v) is 5.46. The molecule has 1 N–H and O–H groups in total. The van der Waals surface area contributed by atoms with E-state index in [2.05, 4.69) is 5.32 Å². The van der Waals surface area contributed by atoms with Gasteiger partial charge in [-0.25, -0.2) is 0 Å². The minimum atomic E-state index is -1.11. The number of carbonyl (C=O) groups excluding carboxylic acids is 4. The Hall–Kier alpha value is -2.20. The first-order chi connectivity index (χ1) is 11.6. The van der Waals surface area contributed by atoms with Gasteiger partial charge in [0.15, 0.2) is 18.5 Å². The van der Waals surface area contributed by atoms with E-state index in [1.165, 1.54) is 34.8 Å². The number of methoxy groups -OCH3 is 1. The van der Waals surface area contributed by atoms with Gasteiger partial charge in [-0.05, 0) is 0 Å². The highest BCUT2D eigenvalue weighted by Crippen LogP contribution is 2.27. The fourth-order valence-corrected chi connectivity index (χ4v) is 2.49. The molecule has 10 heteroatoms. The summed E-state index contributed by atoms with van der Waals surface area (Å²) < 4.78 is 26.2. The van der Waals surface area contributed by atoms with Crippen molar-refractivity contribution in [2.45, 2.75) is 58.3 Å². The molecule has 0 saturated carbocycles. The summed E-state index contributed by atoms with van der Waals surface area (Å²) in [5, 5.41) is 2.56. The van der Waals surface area contributed by atoms with E-state index in [1.807, 2.05) is 0 Å². The van der Waals surface area contributed by atoms with Crippen LogP contribution in [0.1, 0.15) is 27.7 Å². The monoisotopic (exact) mass is 361 g/mol. The van der Waals surface area contributed by atoms with Crippen LogP contribution < -0.4 is 5.32 Å². The largest absolute Gasteiger partial charge is 0.463 e. The molecule has 3 unspecified atom stereocenters. The van der Waals surface area contributed by atoms with Crippen LogP contribution in [0.25, 0.3) is 0 Å². The summed E-state index contributed by atoms with van der Waals surface area (Å²) >= 11 is 0. The molecular formula is C15H23NO9. The Balaban J connectivity index is 3.18. The Morgan fingerprint density at radius 3 is 1.92 bits per heavy atom. The lowest BCUT2D eigenvalue weighted by atomic mass is 9.96. The maximum Gasteiger partial charge on any atom is 0.303 e. The minimum Gasteiger partial charge on any atom is -0.463 e. The molecule has 0 aliphatic carbocycles. The van der Waals surface area contributed by atoms with Crippen molar-refractivity contribution in [3.63, 3.8) is 0 Å². The van der Waals surface area contributed by atoms with E-state index in [-0.39, 0.29) is 6.61 Å². The molecule has 1 amide bonds. The van der Waals surface area contributed by atoms with Gasteiger partial charge in [-0.15, -0.1) is 0 Å². The van der Waals surface area contributed by atoms with Gasteiger partial charge in [-0.1, -0.05) is 0 Å². The highest BCUT2D eigenvalue weighted by atomic mass is 16.7. The number of nitrogens with one attached hydrogen (secondary N) is 1. The lowest BCUT2D eigenvalue weighted by Gasteiger charge is -2.44. The van der Waals surface area contributed by atoms with E-state index >= 15 is 0 Å². The van der Waals surface area contributed by atoms with Crippen LogP contribution in [0.15, 0.2) is 0 Å². The Morgan fingerprint density at radius 1 is 0.920 bits per heavy atom. The predicted molar refractivity (Wildman–Crippen MR) is 81.0 cm³/mol. The van der Waals surface area contributed by atoms with Crippen LogP contribution in [0.5, 0.6) is 0 Å². The maximum atomic E-state index is 11.5. The molecule has 1 saturated heterocycles. The van der Waals surface area contributed by atoms with Gasteiger partial charge in [0.25, 0.3) is 0 Å². The number of ether oxygens (including phenoxy) is 5. The third kappa shape index (κ3) is 6.31. The molecule has 0 aromatic rings. The summed E-state index contributed by atoms with van der Waals surface area (Å²) in [5.41, 5.74) is 0. The van der Waals surface area contributed by atoms with Crippen LogP contribution in [0.2, 0.25) is 0 Å². The molecule has 1 rings (SSSR count). The molecule has 0 aromatic carbocycles. The highest BCUT2D eigenvalue weighted by Gasteiger charge is 2.50. The summed E-state index contributed by atoms with van der Waals surface area (Å²) in [6.07, 6.45) is -4.17. The van der Waals surface area contributed by atoms with Crippen LogP contribution in [-0.2, 0) is 42.9 Å². The second-order valence-electron chi connectivity index (χ2n) is 5.46. The Morgan fingerprint density at radius 2 is 1.48 bits per heavy atom. The number of hydrogen-bond donors (Lipinski definition) is 1. The van der Waals surface area contributed by atoms with Crippen molar-refractivity contribution in [3.8, 4) is 0 Å². The zero-order valence-corrected chi connectivity index (χ0v) is 14.8. The predicted octanol–water partition coefficient (Wildman–Crippen LogP) is -0.711. The third-order valence-corrected chi connectivity index (χ3v) is 3.30. The summed E-state index contributed by atoms with van der Waals surface area (Å²) in [4.78, 5) is 45.5. The maximum absolute atomic E-state index is 11.5. The lowest BCUT2D eigenvalue weighted by molar-refractivity contribution is -0.271. The molecule has 25 heavy (non-hydrogen) atoms. The van der Waals surface area contributed by atoms with Crippen molar-refractivity contribution in [1.82, 2.24) is 5.32 Å². The van der Waals surface area contributed by atoms with Crippen molar-refractivity contribution >= 4 is 23.8 Å². The first-order valence-corrected chi connectivity index (χ1v) is 7.58. The third-order valence-electron chi connectivity index (χ3n) is 3.30. The molecule has 10 nitrogen and oxygen atoms in total. The van der Waals surface area contributed by atoms with Crippen molar-refractivity contribution in [1.29, 1.82) is 0 Å². The number of esters is 3. The smallest absolute Gasteiger partial charge is 0.303 e. The zero-order chi connectivity index (χ0) is 19.1. The molecular weight excluding hydrogens is 338 g/mol. The zero-order valence-electron chi connectivity index (χ0n) is 14.8. The van der Waals surface area contributed by atoms with E-state index in [9.17, 15) is 19.2 Å². The highest BCUT2D eigenvalue weighted by molar-refractivity contribution is 5.73. The van der Waals surface area contributed by atoms with Crippen LogP contribution in [0.3, 0.4) is 0 Å². The average Bonchev–Trinajstić information content (AvgIpc) is 2.48. The van der Waals surface area contributed by atoms with Crippen molar-refractivity contribution < 1.29 is 42.9 Å². The van der Waals surface area contributed by atoms with E-state index in [0.717, 1.165) is 0 Å². The van der Waals surface area contributed by atoms with Gasteiger partial charge in [0.05, 0.1) is 0 Å². The number of hydrogen-bond acceptors (Lipinski definition) is 9. The van der Waals surface area contributed by atoms with Crippen LogP contribution in [-0.4, -0.2) is 68.2 Å². The van der Waals surface area contributed by atoms with Gasteiger partial charge in [0.2, 0.25) is 5.91 Å². The van der Waals surface area contributed by atoms with Crippen molar-refractivity contribution in [3.05, 3.63) is 0 Å². The molecule has 5 atom stereocenters. The van der Waals surface area contributed by atoms with E-state index < -0.39 is 54.5 Å². The molecule has 1 aliphatic rings. The van der Waals surface area contributed by atoms with Crippen LogP contribution >= 0.6 is 0 Å². The van der Waals surface area contributed by atoms with Crippen LogP contribution in [0.4, 0.5) is 0 Å². The summed E-state index contributed by atoms with van der Waals surface area (Å²) in [6.45, 7) is 4.57. The fourth-order valence-electron chi connectivity index (χ4n) is 2.49. The van der Waals surface area contributed by atoms with Crippen molar-refractivity contribution in [2.75, 3.05) is 13.7 Å². The van der Waals surface area contributed by atoms with E-state index in [4.69, 9.17) is 23.7 Å². The lowest BCUT2D eigenvalue weighted by Crippen LogP contribution is -2.66. The SMILES string of the molecule is CO[C@@H]1OC(COC(C)=O)[C@H](OC(C)=O)C(OC(C)=O)C1NC(C)=O. The van der Waals surface area contributed by atoms with Crippen LogP contribution in [0, 0.1) is 0 Å². The van der Waals surface area contributed by atoms with Crippen molar-refractivity contribution in [2.24, 2.45) is 0 Å². The normalized spacial score (nSPS) is 28.6. The number of rotatable bonds is 6. The summed E-state index contributed by atoms with van der Waals surface area (Å²) in [6, 6.07) is -0.927. The van der Waals surface area contributed by atoms with Gasteiger partial charge in [0.1, 0.15) is 18.8 Å². The minimum absolute atomic E-state index is 0.252. The van der Waals surface area contributed by atoms with Gasteiger partial charge in [-0.2, -0.15) is 0 Å². The van der Waals surface area contributed by atoms with E-state index in [1.54, 1.807) is 0 Å². The molecule has 142 valence electrons. The van der Waals surface area contributed by atoms with E-state index in [0.29, 0.717) is 0 Å². The first-order valence-electron chi connectivity index (χ1n) is 7.58. The Labute approximate surface area is 145 Å². The topological polar surface area (TPSA) is 126 Å². The summed E-state index contributed by atoms with van der Waals surface area (Å²) in [5.74, 6) is -2.29. The van der Waals surface area contributed by atoms with Gasteiger partial charge in [-0.3, -0.25) is 19.2 Å². The molecule has 1 aliphatic heterocycles. The molecule has 0 aromatic heterocycles. The fraction of sp³-hybridized carbons (Fsp3) is 0.733. The molecule has 1 heterocycles. The van der Waals surface area contributed by atoms with Gasteiger partial charge in [0, 0.05) is 34.8 Å². The Bertz CT molecular complexity index is 521. The Kier molecular flexibility index (Phi) is 7.78. The first kappa shape index (κ1) is 20.8. The molecule has 0 radical (unpaired) electrons. The number of amides is 1. The summed E-state index contributed by atoms with van der Waals surface area (Å²) in [7, 11) is 1.33. The number of carbonyl (C=O) groups is 4. The molecule has 0 bridgehead atoms. The average molecular weight is 361 g/mol. The standard InChI is InChI=1S/C15H23NO9/c1-7(17)16-12-14(24-10(4)20)13(23-9(3)19)11(6-22-8(2)18)25-15(12)21-5/h11-15H,6H2,1-5H3,(H,16,17)/t11?,12?,13-,14?,15+/m0/s1. The van der Waals surface area contributed by atoms with Gasteiger partial charge >= 0.3 is 17.9 Å². The van der Waals surface area contributed by atoms with Gasteiger partial charge < -0.3 is 29.0 Å². The molecule has 1 fully saturated rings. The molecule has 0 spiro atoms. The quantitative estimate of drug-likeness (QED) is 0.482. The second kappa shape index (κ2) is 9.33.